The average Bonchev–Trinajstić information content (AvgIpc) is 2.85. The van der Waals surface area contributed by atoms with E-state index in [-0.39, 0.29) is 6.61 Å². The lowest BCUT2D eigenvalue weighted by atomic mass is 10.1. The highest BCUT2D eigenvalue weighted by Crippen LogP contribution is 2.32. The first-order chi connectivity index (χ1) is 11.1. The number of fused-ring (bicyclic) bond motifs is 1. The Hall–Kier alpha value is -2.05. The largest absolute Gasteiger partial charge is 0.396 e. The third-order valence-electron chi connectivity index (χ3n) is 3.89. The number of aliphatic hydroxyl groups excluding tert-OH is 1. The van der Waals surface area contributed by atoms with Gasteiger partial charge in [-0.05, 0) is 44.5 Å². The number of pyridine rings is 1. The summed E-state index contributed by atoms with van der Waals surface area (Å²) in [6.45, 7) is 6.29. The third kappa shape index (κ3) is 3.18. The molecule has 2 aromatic heterocycles. The van der Waals surface area contributed by atoms with Crippen molar-refractivity contribution < 1.29 is 5.11 Å². The Morgan fingerprint density at radius 2 is 2.09 bits per heavy atom. The van der Waals surface area contributed by atoms with Crippen LogP contribution in [0.15, 0.2) is 29.3 Å². The van der Waals surface area contributed by atoms with Crippen LogP contribution in [0.5, 0.6) is 0 Å². The zero-order valence-corrected chi connectivity index (χ0v) is 14.3. The Morgan fingerprint density at radius 3 is 2.78 bits per heavy atom. The van der Waals surface area contributed by atoms with E-state index in [1.54, 1.807) is 18.0 Å². The monoisotopic (exact) mass is 328 g/mol. The standard InChI is InChI=1S/C17H20N4OS/c1-10-8-15-13(9-16(10)23-7-6-22)14(4-5-18-15)19-17-11(2)12(3)20-21-17/h4-5,8-9,22H,6-7H2,1-3H3,(H2,18,19,20,21). The van der Waals surface area contributed by atoms with E-state index in [9.17, 15) is 0 Å². The number of benzene rings is 1. The number of aryl methyl sites for hydroxylation is 2. The van der Waals surface area contributed by atoms with E-state index in [1.807, 2.05) is 19.9 Å². The summed E-state index contributed by atoms with van der Waals surface area (Å²) in [6, 6.07) is 6.18. The summed E-state index contributed by atoms with van der Waals surface area (Å²) in [4.78, 5) is 5.63. The number of nitrogens with zero attached hydrogens (tertiary/aromatic N) is 2. The highest BCUT2D eigenvalue weighted by molar-refractivity contribution is 7.99. The maximum atomic E-state index is 9.06. The van der Waals surface area contributed by atoms with Crippen molar-refractivity contribution in [3.63, 3.8) is 0 Å². The SMILES string of the molecule is Cc1cc2nccc(Nc3n[nH]c(C)c3C)c2cc1SCCO. The lowest BCUT2D eigenvalue weighted by molar-refractivity contribution is 0.322. The first kappa shape index (κ1) is 15.8. The second-order valence-corrected chi connectivity index (χ2v) is 6.65. The number of H-pyrrole nitrogens is 1. The summed E-state index contributed by atoms with van der Waals surface area (Å²) < 4.78 is 0. The minimum absolute atomic E-state index is 0.173. The fourth-order valence-electron chi connectivity index (χ4n) is 2.43. The minimum Gasteiger partial charge on any atom is -0.396 e. The van der Waals surface area contributed by atoms with Crippen LogP contribution in [-0.4, -0.2) is 32.6 Å². The van der Waals surface area contributed by atoms with E-state index in [0.29, 0.717) is 5.75 Å². The number of aromatic amines is 1. The van der Waals surface area contributed by atoms with Gasteiger partial charge in [0.05, 0.1) is 17.8 Å². The van der Waals surface area contributed by atoms with Crippen molar-refractivity contribution in [3.8, 4) is 0 Å². The van der Waals surface area contributed by atoms with E-state index in [4.69, 9.17) is 5.11 Å². The maximum absolute atomic E-state index is 9.06. The van der Waals surface area contributed by atoms with Crippen molar-refractivity contribution in [1.82, 2.24) is 15.2 Å². The molecule has 0 atom stereocenters. The normalized spacial score (nSPS) is 11.1. The Balaban J connectivity index is 2.04. The van der Waals surface area contributed by atoms with Crippen molar-refractivity contribution >= 4 is 34.2 Å². The molecule has 0 saturated heterocycles. The molecule has 2 heterocycles. The van der Waals surface area contributed by atoms with Gasteiger partial charge in [-0.3, -0.25) is 10.1 Å². The molecule has 0 spiro atoms. The minimum atomic E-state index is 0.173. The van der Waals surface area contributed by atoms with Gasteiger partial charge >= 0.3 is 0 Å². The molecule has 120 valence electrons. The number of rotatable bonds is 5. The Morgan fingerprint density at radius 1 is 1.26 bits per heavy atom. The second kappa shape index (κ2) is 6.60. The number of hydrogen-bond donors (Lipinski definition) is 3. The fourth-order valence-corrected chi connectivity index (χ4v) is 3.23. The van der Waals surface area contributed by atoms with Crippen LogP contribution in [0.2, 0.25) is 0 Å². The number of nitrogens with one attached hydrogen (secondary N) is 2. The molecule has 3 rings (SSSR count). The van der Waals surface area contributed by atoms with Crippen molar-refractivity contribution in [2.45, 2.75) is 25.7 Å². The van der Waals surface area contributed by atoms with Crippen LogP contribution in [0.1, 0.15) is 16.8 Å². The molecule has 3 N–H and O–H groups in total. The van der Waals surface area contributed by atoms with Crippen molar-refractivity contribution in [1.29, 1.82) is 0 Å². The lowest BCUT2D eigenvalue weighted by Crippen LogP contribution is -1.96. The van der Waals surface area contributed by atoms with Gasteiger partial charge in [0.1, 0.15) is 0 Å². The maximum Gasteiger partial charge on any atom is 0.155 e. The predicted molar refractivity (Wildman–Crippen MR) is 95.6 cm³/mol. The third-order valence-corrected chi connectivity index (χ3v) is 5.03. The zero-order chi connectivity index (χ0) is 16.4. The van der Waals surface area contributed by atoms with E-state index in [1.165, 1.54) is 5.56 Å². The molecular weight excluding hydrogens is 308 g/mol. The molecule has 0 fully saturated rings. The summed E-state index contributed by atoms with van der Waals surface area (Å²) in [6.07, 6.45) is 1.81. The lowest BCUT2D eigenvalue weighted by Gasteiger charge is -2.11. The smallest absolute Gasteiger partial charge is 0.155 e. The van der Waals surface area contributed by atoms with Crippen LogP contribution in [0, 0.1) is 20.8 Å². The number of hydrogen-bond acceptors (Lipinski definition) is 5. The molecule has 6 heteroatoms. The van der Waals surface area contributed by atoms with Crippen molar-refractivity contribution in [2.24, 2.45) is 0 Å². The molecule has 3 aromatic rings. The molecule has 0 amide bonds. The highest BCUT2D eigenvalue weighted by atomic mass is 32.2. The quantitative estimate of drug-likeness (QED) is 0.623. The fraction of sp³-hybridized carbons (Fsp3) is 0.294. The summed E-state index contributed by atoms with van der Waals surface area (Å²) in [5.74, 6) is 1.52. The number of thioether (sulfide) groups is 1. The highest BCUT2D eigenvalue weighted by Gasteiger charge is 2.10. The molecule has 0 aliphatic carbocycles. The van der Waals surface area contributed by atoms with E-state index < -0.39 is 0 Å². The summed E-state index contributed by atoms with van der Waals surface area (Å²) in [5, 5.41) is 20.8. The molecule has 1 aromatic carbocycles. The van der Waals surface area contributed by atoms with Crippen molar-refractivity contribution in [3.05, 3.63) is 41.2 Å². The van der Waals surface area contributed by atoms with Gasteiger partial charge in [0, 0.05) is 33.5 Å². The van der Waals surface area contributed by atoms with E-state index in [0.717, 1.165) is 38.6 Å². The summed E-state index contributed by atoms with van der Waals surface area (Å²) >= 11 is 1.66. The summed E-state index contributed by atoms with van der Waals surface area (Å²) in [5.41, 5.74) is 5.27. The molecule has 0 aliphatic heterocycles. The molecule has 0 radical (unpaired) electrons. The van der Waals surface area contributed by atoms with Crippen LogP contribution >= 0.6 is 11.8 Å². The van der Waals surface area contributed by atoms with Gasteiger partial charge in [-0.15, -0.1) is 11.8 Å². The molecule has 0 saturated carbocycles. The predicted octanol–water partition coefficient (Wildman–Crippen LogP) is 3.71. The van der Waals surface area contributed by atoms with Crippen LogP contribution in [0.3, 0.4) is 0 Å². The van der Waals surface area contributed by atoms with Crippen LogP contribution < -0.4 is 5.32 Å². The van der Waals surface area contributed by atoms with Gasteiger partial charge in [0.15, 0.2) is 5.82 Å². The van der Waals surface area contributed by atoms with Gasteiger partial charge in [-0.1, -0.05) is 0 Å². The Bertz CT molecular complexity index is 844. The molecule has 5 nitrogen and oxygen atoms in total. The van der Waals surface area contributed by atoms with Gasteiger partial charge in [0.25, 0.3) is 0 Å². The number of aromatic nitrogens is 3. The van der Waals surface area contributed by atoms with E-state index in [2.05, 4.69) is 39.6 Å². The molecular formula is C17H20N4OS. The number of aliphatic hydroxyl groups is 1. The molecule has 0 unspecified atom stereocenters. The summed E-state index contributed by atoms with van der Waals surface area (Å²) in [7, 11) is 0. The number of anilines is 2. The molecule has 0 aliphatic rings. The Kier molecular flexibility index (Phi) is 4.54. The van der Waals surface area contributed by atoms with E-state index >= 15 is 0 Å². The first-order valence-electron chi connectivity index (χ1n) is 7.51. The van der Waals surface area contributed by atoms with Crippen LogP contribution in [-0.2, 0) is 0 Å². The zero-order valence-electron chi connectivity index (χ0n) is 13.5. The molecule has 0 bridgehead atoms. The average molecular weight is 328 g/mol. The second-order valence-electron chi connectivity index (χ2n) is 5.51. The Labute approximate surface area is 139 Å². The topological polar surface area (TPSA) is 73.8 Å². The molecule has 23 heavy (non-hydrogen) atoms. The van der Waals surface area contributed by atoms with Gasteiger partial charge in [-0.2, -0.15) is 5.10 Å². The van der Waals surface area contributed by atoms with Crippen molar-refractivity contribution in [2.75, 3.05) is 17.7 Å². The van der Waals surface area contributed by atoms with Gasteiger partial charge in [0.2, 0.25) is 0 Å². The van der Waals surface area contributed by atoms with Gasteiger partial charge in [-0.25, -0.2) is 0 Å². The van der Waals surface area contributed by atoms with Crippen LogP contribution in [0.4, 0.5) is 11.5 Å². The van der Waals surface area contributed by atoms with Crippen LogP contribution in [0.25, 0.3) is 10.9 Å². The van der Waals surface area contributed by atoms with Gasteiger partial charge < -0.3 is 10.4 Å². The first-order valence-corrected chi connectivity index (χ1v) is 8.50.